The van der Waals surface area contributed by atoms with Crippen LogP contribution < -0.4 is 10.4 Å². The number of rotatable bonds is 6. The van der Waals surface area contributed by atoms with E-state index in [0.29, 0.717) is 24.5 Å². The highest BCUT2D eigenvalue weighted by atomic mass is 32.2. The second-order valence-electron chi connectivity index (χ2n) is 6.09. The Morgan fingerprint density at radius 3 is 2.61 bits per heavy atom. The Bertz CT molecular complexity index is 970. The maximum Gasteiger partial charge on any atom is 0.417 e. The minimum atomic E-state index is -4.70. The molecule has 1 aliphatic rings. The SMILES string of the molecule is CCCc1c(OCCN2C(=O)CSC2=O)ccc2c(C(F)(F)F)cc(=O)oc12. The number of amides is 2. The van der Waals surface area contributed by atoms with Gasteiger partial charge in [0, 0.05) is 17.0 Å². The molecule has 1 aliphatic heterocycles. The molecule has 0 radical (unpaired) electrons. The first-order valence-corrected chi connectivity index (χ1v) is 9.47. The quantitative estimate of drug-likeness (QED) is 0.668. The maximum absolute atomic E-state index is 13.3. The molecule has 0 aliphatic carbocycles. The highest BCUT2D eigenvalue weighted by Crippen LogP contribution is 2.37. The Kier molecular flexibility index (Phi) is 5.69. The van der Waals surface area contributed by atoms with Gasteiger partial charge in [-0.15, -0.1) is 0 Å². The molecule has 0 unspecified atom stereocenters. The average Bonchev–Trinajstić information content (AvgIpc) is 2.94. The molecular weight excluding hydrogens is 399 g/mol. The van der Waals surface area contributed by atoms with Crippen LogP contribution in [0.15, 0.2) is 27.4 Å². The summed E-state index contributed by atoms with van der Waals surface area (Å²) in [6.45, 7) is 1.83. The van der Waals surface area contributed by atoms with E-state index in [4.69, 9.17) is 9.15 Å². The zero-order valence-electron chi connectivity index (χ0n) is 14.8. The predicted octanol–water partition coefficient (Wildman–Crippen LogP) is 3.84. The van der Waals surface area contributed by atoms with Gasteiger partial charge in [0.1, 0.15) is 17.9 Å². The largest absolute Gasteiger partial charge is 0.491 e. The summed E-state index contributed by atoms with van der Waals surface area (Å²) >= 11 is 0.904. The van der Waals surface area contributed by atoms with Gasteiger partial charge in [0.2, 0.25) is 5.91 Å². The average molecular weight is 415 g/mol. The summed E-state index contributed by atoms with van der Waals surface area (Å²) in [5.41, 5.74) is -1.98. The van der Waals surface area contributed by atoms with Crippen molar-refractivity contribution >= 4 is 33.9 Å². The Hall–Kier alpha value is -2.49. The molecule has 3 rings (SSSR count). The van der Waals surface area contributed by atoms with E-state index in [9.17, 15) is 27.6 Å². The highest BCUT2D eigenvalue weighted by molar-refractivity contribution is 8.14. The van der Waals surface area contributed by atoms with E-state index < -0.39 is 17.4 Å². The minimum absolute atomic E-state index is 0.0244. The monoisotopic (exact) mass is 415 g/mol. The molecular formula is C18H16F3NO5S. The van der Waals surface area contributed by atoms with Gasteiger partial charge in [-0.3, -0.25) is 14.5 Å². The van der Waals surface area contributed by atoms with Crippen molar-refractivity contribution in [1.29, 1.82) is 0 Å². The minimum Gasteiger partial charge on any atom is -0.491 e. The lowest BCUT2D eigenvalue weighted by atomic mass is 10.0. The molecule has 0 spiro atoms. The number of fused-ring (bicyclic) bond motifs is 1. The van der Waals surface area contributed by atoms with Crippen LogP contribution in [0, 0.1) is 0 Å². The van der Waals surface area contributed by atoms with Crippen LogP contribution in [0.1, 0.15) is 24.5 Å². The first kappa shape index (κ1) is 20.2. The van der Waals surface area contributed by atoms with Gasteiger partial charge in [-0.05, 0) is 18.6 Å². The Morgan fingerprint density at radius 1 is 1.25 bits per heavy atom. The molecule has 1 fully saturated rings. The van der Waals surface area contributed by atoms with Crippen molar-refractivity contribution in [3.8, 4) is 5.75 Å². The Balaban J connectivity index is 1.94. The van der Waals surface area contributed by atoms with Gasteiger partial charge in [0.15, 0.2) is 0 Å². The Morgan fingerprint density at radius 2 is 2.00 bits per heavy atom. The zero-order valence-corrected chi connectivity index (χ0v) is 15.6. The van der Waals surface area contributed by atoms with Crippen LogP contribution in [0.5, 0.6) is 5.75 Å². The van der Waals surface area contributed by atoms with E-state index in [1.54, 1.807) is 0 Å². The topological polar surface area (TPSA) is 76.8 Å². The van der Waals surface area contributed by atoms with E-state index in [1.807, 2.05) is 6.92 Å². The smallest absolute Gasteiger partial charge is 0.417 e. The number of ether oxygens (including phenoxy) is 1. The van der Waals surface area contributed by atoms with Crippen molar-refractivity contribution in [3.63, 3.8) is 0 Å². The first-order valence-electron chi connectivity index (χ1n) is 8.49. The molecule has 1 saturated heterocycles. The van der Waals surface area contributed by atoms with Gasteiger partial charge in [0.05, 0.1) is 17.9 Å². The number of alkyl halides is 3. The number of carbonyl (C=O) groups excluding carboxylic acids is 2. The number of benzene rings is 1. The van der Waals surface area contributed by atoms with Gasteiger partial charge in [-0.2, -0.15) is 13.2 Å². The summed E-state index contributed by atoms with van der Waals surface area (Å²) in [5.74, 6) is 0.0247. The van der Waals surface area contributed by atoms with Gasteiger partial charge in [0.25, 0.3) is 5.24 Å². The fourth-order valence-electron chi connectivity index (χ4n) is 2.96. The van der Waals surface area contributed by atoms with Crippen LogP contribution in [0.4, 0.5) is 18.0 Å². The van der Waals surface area contributed by atoms with Crippen LogP contribution in [-0.2, 0) is 17.4 Å². The van der Waals surface area contributed by atoms with Crippen LogP contribution in [-0.4, -0.2) is 35.0 Å². The molecule has 0 saturated carbocycles. The number of thioether (sulfide) groups is 1. The molecule has 28 heavy (non-hydrogen) atoms. The van der Waals surface area contributed by atoms with Crippen LogP contribution in [0.25, 0.3) is 11.0 Å². The fourth-order valence-corrected chi connectivity index (χ4v) is 3.72. The molecule has 0 bridgehead atoms. The van der Waals surface area contributed by atoms with Crippen LogP contribution in [0.2, 0.25) is 0 Å². The lowest BCUT2D eigenvalue weighted by Crippen LogP contribution is -2.32. The van der Waals surface area contributed by atoms with Gasteiger partial charge in [-0.1, -0.05) is 25.1 Å². The maximum atomic E-state index is 13.3. The molecule has 6 nitrogen and oxygen atoms in total. The summed E-state index contributed by atoms with van der Waals surface area (Å²) in [6.07, 6.45) is -3.79. The van der Waals surface area contributed by atoms with Gasteiger partial charge < -0.3 is 9.15 Å². The van der Waals surface area contributed by atoms with Crippen molar-refractivity contribution in [1.82, 2.24) is 4.90 Å². The second-order valence-corrected chi connectivity index (χ2v) is 7.02. The molecule has 2 aromatic rings. The first-order chi connectivity index (χ1) is 13.2. The summed E-state index contributed by atoms with van der Waals surface area (Å²) in [5, 5.41) is -0.578. The molecule has 0 N–H and O–H groups in total. The molecule has 1 aromatic heterocycles. The van der Waals surface area contributed by atoms with E-state index in [-0.39, 0.29) is 46.8 Å². The Labute approximate surface area is 161 Å². The summed E-state index contributed by atoms with van der Waals surface area (Å²) in [7, 11) is 0. The van der Waals surface area contributed by atoms with E-state index in [2.05, 4.69) is 0 Å². The lowest BCUT2D eigenvalue weighted by molar-refractivity contribution is -0.136. The third kappa shape index (κ3) is 4.01. The standard InChI is InChI=1S/C18H16F3NO5S/c1-2-3-11-13(26-7-6-22-14(23)9-28-17(22)25)5-4-10-12(18(19,20)21)8-15(24)27-16(10)11/h4-5,8H,2-3,6-7,9H2,1H3. The molecule has 2 amide bonds. The molecule has 10 heteroatoms. The summed E-state index contributed by atoms with van der Waals surface area (Å²) in [4.78, 5) is 36.0. The molecule has 150 valence electrons. The fraction of sp³-hybridized carbons (Fsp3) is 0.389. The lowest BCUT2D eigenvalue weighted by Gasteiger charge is -2.17. The molecule has 2 heterocycles. The third-order valence-electron chi connectivity index (χ3n) is 4.19. The number of carbonyl (C=O) groups is 2. The van der Waals surface area contributed by atoms with Crippen molar-refractivity contribution in [2.45, 2.75) is 25.9 Å². The predicted molar refractivity (Wildman–Crippen MR) is 96.5 cm³/mol. The summed E-state index contributed by atoms with van der Waals surface area (Å²) < 4.78 is 50.5. The number of hydrogen-bond donors (Lipinski definition) is 0. The van der Waals surface area contributed by atoms with Crippen molar-refractivity contribution < 1.29 is 31.9 Å². The number of halogens is 3. The number of hydrogen-bond acceptors (Lipinski definition) is 6. The van der Waals surface area contributed by atoms with Crippen LogP contribution >= 0.6 is 11.8 Å². The van der Waals surface area contributed by atoms with Crippen LogP contribution in [0.3, 0.4) is 0 Å². The molecule has 0 atom stereocenters. The summed E-state index contributed by atoms with van der Waals surface area (Å²) in [6, 6.07) is 3.00. The number of aryl methyl sites for hydroxylation is 1. The normalized spacial score (nSPS) is 14.9. The second kappa shape index (κ2) is 7.86. The van der Waals surface area contributed by atoms with E-state index in [0.717, 1.165) is 16.7 Å². The van der Waals surface area contributed by atoms with Crippen molar-refractivity contribution in [2.24, 2.45) is 0 Å². The number of nitrogens with zero attached hydrogens (tertiary/aromatic N) is 1. The number of imide groups is 1. The highest BCUT2D eigenvalue weighted by Gasteiger charge is 2.34. The van der Waals surface area contributed by atoms with Gasteiger partial charge in [-0.25, -0.2) is 4.79 Å². The van der Waals surface area contributed by atoms with Crippen molar-refractivity contribution in [2.75, 3.05) is 18.9 Å². The van der Waals surface area contributed by atoms with E-state index >= 15 is 0 Å². The molecule has 1 aromatic carbocycles. The van der Waals surface area contributed by atoms with Gasteiger partial charge >= 0.3 is 11.8 Å². The van der Waals surface area contributed by atoms with E-state index in [1.165, 1.54) is 12.1 Å². The zero-order chi connectivity index (χ0) is 20.5. The van der Waals surface area contributed by atoms with Crippen molar-refractivity contribution in [3.05, 3.63) is 39.7 Å². The third-order valence-corrected chi connectivity index (χ3v) is 5.05.